The van der Waals surface area contributed by atoms with E-state index >= 15 is 0 Å². The second-order valence-corrected chi connectivity index (χ2v) is 7.83. The molecule has 2 aromatic rings. The molecule has 0 saturated carbocycles. The molecule has 1 unspecified atom stereocenters. The number of nitrogens with one attached hydrogen (secondary N) is 1. The third-order valence-electron chi connectivity index (χ3n) is 3.92. The summed E-state index contributed by atoms with van der Waals surface area (Å²) < 4.78 is 22.8. The number of benzene rings is 1. The minimum atomic E-state index is -3.17. The van der Waals surface area contributed by atoms with Crippen molar-refractivity contribution >= 4 is 26.6 Å². The molecule has 0 radical (unpaired) electrons. The Morgan fingerprint density at radius 1 is 1.38 bits per heavy atom. The lowest BCUT2D eigenvalue weighted by molar-refractivity contribution is -0.131. The number of H-pyrrole nitrogens is 1. The number of carbonyl (C=O) groups is 1. The van der Waals surface area contributed by atoms with Crippen LogP contribution in [0, 0.1) is 5.92 Å². The number of hydrogen-bond acceptors (Lipinski definition) is 5. The molecule has 1 amide bonds. The Balaban J connectivity index is 1.70. The SMILES string of the molecule is CN(Cc1nc2ccccc2c(=O)[nH]1)C(=O)CC1C=CS(=O)(=O)C1. The molecule has 0 bridgehead atoms. The van der Waals surface area contributed by atoms with E-state index in [9.17, 15) is 18.0 Å². The first-order valence-corrected chi connectivity index (χ1v) is 9.18. The molecule has 0 spiro atoms. The molecule has 126 valence electrons. The number of carbonyl (C=O) groups excluding carboxylic acids is 1. The van der Waals surface area contributed by atoms with E-state index in [1.165, 1.54) is 4.90 Å². The van der Waals surface area contributed by atoms with Crippen LogP contribution in [0.3, 0.4) is 0 Å². The minimum Gasteiger partial charge on any atom is -0.338 e. The number of para-hydroxylation sites is 1. The van der Waals surface area contributed by atoms with Gasteiger partial charge in [-0.3, -0.25) is 9.59 Å². The van der Waals surface area contributed by atoms with Crippen LogP contribution in [0.5, 0.6) is 0 Å². The van der Waals surface area contributed by atoms with Crippen molar-refractivity contribution in [2.45, 2.75) is 13.0 Å². The molecule has 1 N–H and O–H groups in total. The Morgan fingerprint density at radius 2 is 2.12 bits per heavy atom. The van der Waals surface area contributed by atoms with Gasteiger partial charge in [-0.05, 0) is 12.1 Å². The van der Waals surface area contributed by atoms with E-state index in [0.717, 1.165) is 5.41 Å². The lowest BCUT2D eigenvalue weighted by Gasteiger charge is -2.18. The fourth-order valence-electron chi connectivity index (χ4n) is 2.67. The predicted octanol–water partition coefficient (Wildman–Crippen LogP) is 0.830. The van der Waals surface area contributed by atoms with Crippen LogP contribution in [-0.4, -0.2) is 42.0 Å². The van der Waals surface area contributed by atoms with Crippen molar-refractivity contribution in [1.29, 1.82) is 0 Å². The van der Waals surface area contributed by atoms with E-state index in [1.54, 1.807) is 37.4 Å². The molecule has 24 heavy (non-hydrogen) atoms. The highest BCUT2D eigenvalue weighted by molar-refractivity contribution is 7.94. The van der Waals surface area contributed by atoms with Crippen LogP contribution in [0.15, 0.2) is 40.5 Å². The summed E-state index contributed by atoms with van der Waals surface area (Å²) in [7, 11) is -1.56. The number of allylic oxidation sites excluding steroid dienone is 1. The maximum absolute atomic E-state index is 12.2. The van der Waals surface area contributed by atoms with Crippen LogP contribution in [0.1, 0.15) is 12.2 Å². The molecular weight excluding hydrogens is 330 g/mol. The Hall–Kier alpha value is -2.48. The summed E-state index contributed by atoms with van der Waals surface area (Å²) in [5.74, 6) is -0.132. The zero-order valence-electron chi connectivity index (χ0n) is 13.1. The number of aromatic amines is 1. The Kier molecular flexibility index (Phi) is 4.23. The molecule has 8 heteroatoms. The second kappa shape index (κ2) is 6.20. The lowest BCUT2D eigenvalue weighted by Crippen LogP contribution is -2.30. The Morgan fingerprint density at radius 3 is 2.83 bits per heavy atom. The van der Waals surface area contributed by atoms with E-state index in [0.29, 0.717) is 16.7 Å². The summed E-state index contributed by atoms with van der Waals surface area (Å²) in [5.41, 5.74) is 0.322. The summed E-state index contributed by atoms with van der Waals surface area (Å²) in [5, 5.41) is 1.66. The van der Waals surface area contributed by atoms with Crippen LogP contribution in [-0.2, 0) is 21.2 Å². The van der Waals surface area contributed by atoms with Gasteiger partial charge in [0.2, 0.25) is 5.91 Å². The smallest absolute Gasteiger partial charge is 0.258 e. The maximum Gasteiger partial charge on any atom is 0.258 e. The average Bonchev–Trinajstić information content (AvgIpc) is 2.86. The van der Waals surface area contributed by atoms with Crippen LogP contribution < -0.4 is 5.56 Å². The molecule has 0 fully saturated rings. The fourth-order valence-corrected chi connectivity index (χ4v) is 4.07. The molecule has 1 aromatic carbocycles. The van der Waals surface area contributed by atoms with E-state index in [4.69, 9.17) is 0 Å². The van der Waals surface area contributed by atoms with Crippen molar-refractivity contribution in [3.05, 3.63) is 51.9 Å². The number of aromatic nitrogens is 2. The van der Waals surface area contributed by atoms with Gasteiger partial charge < -0.3 is 9.88 Å². The number of rotatable bonds is 4. The van der Waals surface area contributed by atoms with E-state index < -0.39 is 9.84 Å². The molecule has 0 aliphatic carbocycles. The fraction of sp³-hybridized carbons (Fsp3) is 0.312. The van der Waals surface area contributed by atoms with Gasteiger partial charge in [0.25, 0.3) is 5.56 Å². The lowest BCUT2D eigenvalue weighted by atomic mass is 10.1. The molecule has 3 rings (SSSR count). The molecule has 1 aromatic heterocycles. The highest BCUT2D eigenvalue weighted by atomic mass is 32.2. The van der Waals surface area contributed by atoms with Gasteiger partial charge >= 0.3 is 0 Å². The topological polar surface area (TPSA) is 100 Å². The van der Waals surface area contributed by atoms with Crippen LogP contribution in [0.4, 0.5) is 0 Å². The quantitative estimate of drug-likeness (QED) is 0.883. The standard InChI is InChI=1S/C16H17N3O4S/c1-19(15(20)8-11-6-7-24(22,23)10-11)9-14-17-13-5-3-2-4-12(13)16(21)18-14/h2-7,11H,8-10H2,1H3,(H,17,18,21). The van der Waals surface area contributed by atoms with Crippen molar-refractivity contribution in [3.8, 4) is 0 Å². The predicted molar refractivity (Wildman–Crippen MR) is 89.9 cm³/mol. The van der Waals surface area contributed by atoms with Gasteiger partial charge in [-0.15, -0.1) is 0 Å². The number of sulfone groups is 1. The first-order valence-electron chi connectivity index (χ1n) is 7.47. The molecule has 1 aliphatic rings. The molecule has 1 atom stereocenters. The normalized spacial score (nSPS) is 18.8. The summed E-state index contributed by atoms with van der Waals surface area (Å²) >= 11 is 0. The molecule has 0 saturated heterocycles. The number of fused-ring (bicyclic) bond motifs is 1. The van der Waals surface area contributed by atoms with Gasteiger partial charge in [0.05, 0.1) is 23.2 Å². The third-order valence-corrected chi connectivity index (χ3v) is 5.38. The van der Waals surface area contributed by atoms with Crippen LogP contribution in [0.25, 0.3) is 10.9 Å². The summed E-state index contributed by atoms with van der Waals surface area (Å²) in [6.07, 6.45) is 1.67. The second-order valence-electron chi connectivity index (χ2n) is 5.90. The van der Waals surface area contributed by atoms with Crippen molar-refractivity contribution < 1.29 is 13.2 Å². The molecule has 7 nitrogen and oxygen atoms in total. The highest BCUT2D eigenvalue weighted by Crippen LogP contribution is 2.19. The molecule has 1 aliphatic heterocycles. The van der Waals surface area contributed by atoms with E-state index in [-0.39, 0.29) is 36.1 Å². The minimum absolute atomic E-state index is 0.0301. The van der Waals surface area contributed by atoms with Crippen LogP contribution >= 0.6 is 0 Å². The highest BCUT2D eigenvalue weighted by Gasteiger charge is 2.25. The zero-order valence-corrected chi connectivity index (χ0v) is 13.9. The van der Waals surface area contributed by atoms with Crippen molar-refractivity contribution in [1.82, 2.24) is 14.9 Å². The monoisotopic (exact) mass is 347 g/mol. The van der Waals surface area contributed by atoms with E-state index in [1.807, 2.05) is 0 Å². The van der Waals surface area contributed by atoms with Crippen LogP contribution in [0.2, 0.25) is 0 Å². The summed E-state index contributed by atoms with van der Waals surface area (Å²) in [6.45, 7) is 0.155. The zero-order chi connectivity index (χ0) is 17.3. The van der Waals surface area contributed by atoms with Crippen molar-refractivity contribution in [2.75, 3.05) is 12.8 Å². The van der Waals surface area contributed by atoms with Gasteiger partial charge in [-0.2, -0.15) is 0 Å². The average molecular weight is 347 g/mol. The van der Waals surface area contributed by atoms with E-state index in [2.05, 4.69) is 9.97 Å². The first-order chi connectivity index (χ1) is 11.3. The molecule has 2 heterocycles. The van der Waals surface area contributed by atoms with Gasteiger partial charge in [0.1, 0.15) is 5.82 Å². The summed E-state index contributed by atoms with van der Waals surface area (Å²) in [4.78, 5) is 32.7. The summed E-state index contributed by atoms with van der Waals surface area (Å²) in [6, 6.07) is 6.98. The van der Waals surface area contributed by atoms with Crippen molar-refractivity contribution in [3.63, 3.8) is 0 Å². The van der Waals surface area contributed by atoms with Gasteiger partial charge in [0, 0.05) is 24.8 Å². The Labute approximate surface area is 138 Å². The van der Waals surface area contributed by atoms with Gasteiger partial charge in [0.15, 0.2) is 9.84 Å². The third kappa shape index (κ3) is 3.53. The van der Waals surface area contributed by atoms with Crippen molar-refractivity contribution in [2.24, 2.45) is 5.92 Å². The number of nitrogens with zero attached hydrogens (tertiary/aromatic N) is 2. The number of amides is 1. The molecular formula is C16H17N3O4S. The van der Waals surface area contributed by atoms with Gasteiger partial charge in [-0.1, -0.05) is 18.2 Å². The Bertz CT molecular complexity index is 978. The van der Waals surface area contributed by atoms with Gasteiger partial charge in [-0.25, -0.2) is 13.4 Å². The number of hydrogen-bond donors (Lipinski definition) is 1. The maximum atomic E-state index is 12.2. The first kappa shape index (κ1) is 16.4. The largest absolute Gasteiger partial charge is 0.338 e.